The molecule has 1 unspecified atom stereocenters. The number of ether oxygens (including phenoxy) is 1. The molecule has 2 heterocycles. The number of furan rings is 1. The minimum Gasteiger partial charge on any atom is -0.472 e. The molecule has 0 bridgehead atoms. The van der Waals surface area contributed by atoms with Crippen LogP contribution in [0.5, 0.6) is 0 Å². The third kappa shape index (κ3) is 2.61. The van der Waals surface area contributed by atoms with Gasteiger partial charge in [0.15, 0.2) is 0 Å². The second-order valence-electron chi connectivity index (χ2n) is 3.80. The van der Waals surface area contributed by atoms with Crippen LogP contribution in [0.25, 0.3) is 0 Å². The van der Waals surface area contributed by atoms with Gasteiger partial charge in [-0.25, -0.2) is 4.39 Å². The Morgan fingerprint density at radius 3 is 3.19 bits per heavy atom. The van der Waals surface area contributed by atoms with Gasteiger partial charge in [-0.1, -0.05) is 0 Å². The number of hydrogen-bond donors (Lipinski definition) is 0. The molecule has 1 fully saturated rings. The number of nitrogens with zero attached hydrogens (tertiary/aromatic N) is 1. The minimum atomic E-state index is -0.546. The van der Waals surface area contributed by atoms with E-state index in [4.69, 9.17) is 9.15 Å². The van der Waals surface area contributed by atoms with Gasteiger partial charge >= 0.3 is 0 Å². The maximum Gasteiger partial charge on any atom is 0.227 e. The standard InChI is InChI=1S/C11H14FNO3/c12-6-10-7-13(2-4-16-10)11(14)5-9-1-3-15-8-9/h1,3,8,10H,2,4-7H2. The largest absolute Gasteiger partial charge is 0.472 e. The molecule has 1 saturated heterocycles. The summed E-state index contributed by atoms with van der Waals surface area (Å²) in [6.07, 6.45) is 2.91. The Morgan fingerprint density at radius 2 is 2.50 bits per heavy atom. The van der Waals surface area contributed by atoms with Gasteiger partial charge in [-0.3, -0.25) is 4.79 Å². The number of amides is 1. The molecule has 1 aromatic rings. The van der Waals surface area contributed by atoms with Crippen LogP contribution in [0.4, 0.5) is 4.39 Å². The lowest BCUT2D eigenvalue weighted by atomic mass is 10.2. The first kappa shape index (κ1) is 11.1. The van der Waals surface area contributed by atoms with Crippen molar-refractivity contribution in [3.8, 4) is 0 Å². The van der Waals surface area contributed by atoms with Crippen LogP contribution in [0.1, 0.15) is 5.56 Å². The number of alkyl halides is 1. The molecule has 2 rings (SSSR count). The van der Waals surface area contributed by atoms with Crippen molar-refractivity contribution < 1.29 is 18.3 Å². The van der Waals surface area contributed by atoms with Crippen LogP contribution in [-0.2, 0) is 16.0 Å². The number of hydrogen-bond acceptors (Lipinski definition) is 3. The third-order valence-corrected chi connectivity index (χ3v) is 2.60. The minimum absolute atomic E-state index is 0.0110. The quantitative estimate of drug-likeness (QED) is 0.774. The molecular formula is C11H14FNO3. The molecule has 0 aliphatic carbocycles. The summed E-state index contributed by atoms with van der Waals surface area (Å²) in [6.45, 7) is 0.738. The molecule has 1 aliphatic heterocycles. The first-order valence-electron chi connectivity index (χ1n) is 5.26. The van der Waals surface area contributed by atoms with Crippen molar-refractivity contribution in [3.05, 3.63) is 24.2 Å². The van der Waals surface area contributed by atoms with Gasteiger partial charge in [0.2, 0.25) is 5.91 Å². The molecule has 1 aromatic heterocycles. The summed E-state index contributed by atoms with van der Waals surface area (Å²) in [5.41, 5.74) is 0.841. The van der Waals surface area contributed by atoms with Crippen molar-refractivity contribution in [3.63, 3.8) is 0 Å². The number of morpholine rings is 1. The van der Waals surface area contributed by atoms with Crippen LogP contribution >= 0.6 is 0 Å². The molecule has 0 saturated carbocycles. The van der Waals surface area contributed by atoms with E-state index >= 15 is 0 Å². The zero-order valence-electron chi connectivity index (χ0n) is 8.89. The lowest BCUT2D eigenvalue weighted by Gasteiger charge is -2.31. The average molecular weight is 227 g/mol. The Hall–Kier alpha value is -1.36. The SMILES string of the molecule is O=C(Cc1ccoc1)N1CCOC(CF)C1. The summed E-state index contributed by atoms with van der Waals surface area (Å²) in [5.74, 6) is -0.0110. The van der Waals surface area contributed by atoms with Gasteiger partial charge in [0.1, 0.15) is 12.8 Å². The van der Waals surface area contributed by atoms with Gasteiger partial charge in [0.05, 0.1) is 25.6 Å². The summed E-state index contributed by atoms with van der Waals surface area (Å²) in [4.78, 5) is 13.5. The zero-order chi connectivity index (χ0) is 11.4. The monoisotopic (exact) mass is 227 g/mol. The molecular weight excluding hydrogens is 213 g/mol. The Kier molecular flexibility index (Phi) is 3.56. The first-order valence-corrected chi connectivity index (χ1v) is 5.26. The summed E-state index contributed by atoms with van der Waals surface area (Å²) in [5, 5.41) is 0. The summed E-state index contributed by atoms with van der Waals surface area (Å²) >= 11 is 0. The zero-order valence-corrected chi connectivity index (χ0v) is 8.89. The highest BCUT2D eigenvalue weighted by molar-refractivity contribution is 5.78. The molecule has 5 heteroatoms. The maximum absolute atomic E-state index is 12.4. The molecule has 1 atom stereocenters. The summed E-state index contributed by atoms with van der Waals surface area (Å²) < 4.78 is 22.5. The normalized spacial score (nSPS) is 21.1. The lowest BCUT2D eigenvalue weighted by Crippen LogP contribution is -2.46. The molecule has 0 spiro atoms. The van der Waals surface area contributed by atoms with E-state index in [-0.39, 0.29) is 5.91 Å². The van der Waals surface area contributed by atoms with Crippen molar-refractivity contribution >= 4 is 5.91 Å². The number of carbonyl (C=O) groups excluding carboxylic acids is 1. The van der Waals surface area contributed by atoms with Gasteiger partial charge in [-0.2, -0.15) is 0 Å². The van der Waals surface area contributed by atoms with Crippen molar-refractivity contribution in [1.29, 1.82) is 0 Å². The molecule has 0 N–H and O–H groups in total. The highest BCUT2D eigenvalue weighted by atomic mass is 19.1. The Labute approximate surface area is 93.0 Å². The van der Waals surface area contributed by atoms with Crippen LogP contribution in [-0.4, -0.2) is 43.3 Å². The molecule has 0 aromatic carbocycles. The molecule has 16 heavy (non-hydrogen) atoms. The summed E-state index contributed by atoms with van der Waals surface area (Å²) in [6, 6.07) is 1.75. The third-order valence-electron chi connectivity index (χ3n) is 2.60. The van der Waals surface area contributed by atoms with Crippen LogP contribution in [0.15, 0.2) is 23.0 Å². The highest BCUT2D eigenvalue weighted by Gasteiger charge is 2.24. The molecule has 88 valence electrons. The van der Waals surface area contributed by atoms with Crippen molar-refractivity contribution in [2.75, 3.05) is 26.4 Å². The molecule has 1 aliphatic rings. The molecule has 4 nitrogen and oxygen atoms in total. The van der Waals surface area contributed by atoms with Gasteiger partial charge < -0.3 is 14.1 Å². The van der Waals surface area contributed by atoms with Crippen LogP contribution in [0.2, 0.25) is 0 Å². The van der Waals surface area contributed by atoms with Crippen LogP contribution in [0, 0.1) is 0 Å². The topological polar surface area (TPSA) is 42.7 Å². The van der Waals surface area contributed by atoms with Gasteiger partial charge in [-0.05, 0) is 11.6 Å². The van der Waals surface area contributed by atoms with Gasteiger partial charge in [0, 0.05) is 13.1 Å². The Bertz CT molecular complexity index is 339. The number of rotatable bonds is 3. The van der Waals surface area contributed by atoms with Crippen LogP contribution < -0.4 is 0 Å². The Morgan fingerprint density at radius 1 is 1.62 bits per heavy atom. The molecule has 1 amide bonds. The van der Waals surface area contributed by atoms with E-state index in [1.54, 1.807) is 17.2 Å². The highest BCUT2D eigenvalue weighted by Crippen LogP contribution is 2.09. The summed E-state index contributed by atoms with van der Waals surface area (Å²) in [7, 11) is 0. The average Bonchev–Trinajstić information content (AvgIpc) is 2.82. The lowest BCUT2D eigenvalue weighted by molar-refractivity contribution is -0.138. The van der Waals surface area contributed by atoms with E-state index in [1.165, 1.54) is 6.26 Å². The second-order valence-corrected chi connectivity index (χ2v) is 3.80. The Balaban J connectivity index is 1.89. The van der Waals surface area contributed by atoms with Crippen molar-refractivity contribution in [2.45, 2.75) is 12.5 Å². The van der Waals surface area contributed by atoms with E-state index in [2.05, 4.69) is 0 Å². The smallest absolute Gasteiger partial charge is 0.227 e. The number of carbonyl (C=O) groups is 1. The van der Waals surface area contributed by atoms with E-state index in [1.807, 2.05) is 0 Å². The van der Waals surface area contributed by atoms with Crippen molar-refractivity contribution in [2.24, 2.45) is 0 Å². The van der Waals surface area contributed by atoms with E-state index < -0.39 is 12.8 Å². The second kappa shape index (κ2) is 5.12. The van der Waals surface area contributed by atoms with Crippen molar-refractivity contribution in [1.82, 2.24) is 4.90 Å². The predicted molar refractivity (Wildman–Crippen MR) is 54.7 cm³/mol. The fraction of sp³-hybridized carbons (Fsp3) is 0.545. The van der Waals surface area contributed by atoms with Gasteiger partial charge in [-0.15, -0.1) is 0 Å². The first-order chi connectivity index (χ1) is 7.79. The predicted octanol–water partition coefficient (Wildman–Crippen LogP) is 1.02. The van der Waals surface area contributed by atoms with Gasteiger partial charge in [0.25, 0.3) is 0 Å². The van der Waals surface area contributed by atoms with Crippen LogP contribution in [0.3, 0.4) is 0 Å². The van der Waals surface area contributed by atoms with E-state index in [0.29, 0.717) is 26.1 Å². The van der Waals surface area contributed by atoms with E-state index in [0.717, 1.165) is 5.56 Å². The maximum atomic E-state index is 12.4. The number of halogens is 1. The fourth-order valence-electron chi connectivity index (χ4n) is 1.72. The molecule has 0 radical (unpaired) electrons. The van der Waals surface area contributed by atoms with E-state index in [9.17, 15) is 9.18 Å². The fourth-order valence-corrected chi connectivity index (χ4v) is 1.72.